The van der Waals surface area contributed by atoms with Crippen LogP contribution in [-0.4, -0.2) is 34.2 Å². The highest BCUT2D eigenvalue weighted by Gasteiger charge is 2.39. The van der Waals surface area contributed by atoms with Crippen molar-refractivity contribution in [2.75, 3.05) is 12.4 Å². The number of benzene rings is 2. The molecule has 2 aromatic carbocycles. The normalized spacial score (nSPS) is 16.9. The Kier molecular flexibility index (Phi) is 7.14. The van der Waals surface area contributed by atoms with Gasteiger partial charge in [0, 0.05) is 6.42 Å². The molecule has 4 rings (SSSR count). The Balaban J connectivity index is 1.53. The molecule has 3 aromatic rings. The van der Waals surface area contributed by atoms with Crippen molar-refractivity contribution < 1.29 is 18.7 Å². The van der Waals surface area contributed by atoms with Gasteiger partial charge in [0.2, 0.25) is 11.8 Å². The molecular formula is C25H25N3O4S. The molecule has 1 aliphatic rings. The van der Waals surface area contributed by atoms with E-state index in [0.717, 1.165) is 12.1 Å². The van der Waals surface area contributed by atoms with Gasteiger partial charge in [0.15, 0.2) is 5.17 Å². The van der Waals surface area contributed by atoms with Gasteiger partial charge in [-0.15, -0.1) is 0 Å². The number of thioether (sulfide) groups is 1. The van der Waals surface area contributed by atoms with E-state index in [9.17, 15) is 9.59 Å². The third kappa shape index (κ3) is 5.46. The molecule has 33 heavy (non-hydrogen) atoms. The van der Waals surface area contributed by atoms with E-state index in [-0.39, 0.29) is 24.8 Å². The molecule has 2 heterocycles. The summed E-state index contributed by atoms with van der Waals surface area (Å²) >= 11 is 1.29. The van der Waals surface area contributed by atoms with E-state index in [1.165, 1.54) is 17.3 Å². The lowest BCUT2D eigenvalue weighted by atomic mass is 10.2. The molecule has 8 heteroatoms. The highest BCUT2D eigenvalue weighted by molar-refractivity contribution is 8.15. The standard InChI is InChI=1S/C25H25N3O4S/c1-3-17-10-12-18(13-11-17)26-25-28(16-19-7-6-14-32-19)24(30)22(33-25)15-23(29)27-20-8-4-5-9-21(20)31-2/h4-14,22H,3,15-16H2,1-2H3,(H,27,29). The van der Waals surface area contributed by atoms with Gasteiger partial charge < -0.3 is 14.5 Å². The molecule has 1 unspecified atom stereocenters. The van der Waals surface area contributed by atoms with Gasteiger partial charge in [-0.3, -0.25) is 14.5 Å². The third-order valence-electron chi connectivity index (χ3n) is 5.24. The van der Waals surface area contributed by atoms with Gasteiger partial charge >= 0.3 is 0 Å². The fourth-order valence-corrected chi connectivity index (χ4v) is 4.62. The zero-order valence-electron chi connectivity index (χ0n) is 18.5. The minimum absolute atomic E-state index is 0.0179. The number of nitrogens with zero attached hydrogens (tertiary/aromatic N) is 2. The average molecular weight is 464 g/mol. The maximum absolute atomic E-state index is 13.2. The first-order chi connectivity index (χ1) is 16.1. The number of nitrogens with one attached hydrogen (secondary N) is 1. The fraction of sp³-hybridized carbons (Fsp3) is 0.240. The zero-order chi connectivity index (χ0) is 23.2. The van der Waals surface area contributed by atoms with Gasteiger partial charge in [0.1, 0.15) is 16.8 Å². The number of hydrogen-bond donors (Lipinski definition) is 1. The van der Waals surface area contributed by atoms with Crippen molar-refractivity contribution in [3.63, 3.8) is 0 Å². The molecule has 0 spiro atoms. The molecule has 0 aliphatic carbocycles. The lowest BCUT2D eigenvalue weighted by Gasteiger charge is -2.15. The second kappa shape index (κ2) is 10.4. The number of amidine groups is 1. The predicted octanol–water partition coefficient (Wildman–Crippen LogP) is 5.01. The minimum Gasteiger partial charge on any atom is -0.495 e. The maximum atomic E-state index is 13.2. The van der Waals surface area contributed by atoms with Crippen LogP contribution in [0.3, 0.4) is 0 Å². The Morgan fingerprint density at radius 2 is 1.94 bits per heavy atom. The van der Waals surface area contributed by atoms with Gasteiger partial charge in [-0.1, -0.05) is 43.0 Å². The van der Waals surface area contributed by atoms with Gasteiger partial charge in [-0.25, -0.2) is 4.99 Å². The summed E-state index contributed by atoms with van der Waals surface area (Å²) in [5, 5.41) is 2.81. The Hall–Kier alpha value is -3.52. The van der Waals surface area contributed by atoms with E-state index in [2.05, 4.69) is 12.2 Å². The van der Waals surface area contributed by atoms with Gasteiger partial charge in [0.25, 0.3) is 0 Å². The molecule has 170 valence electrons. The monoisotopic (exact) mass is 463 g/mol. The van der Waals surface area contributed by atoms with Crippen molar-refractivity contribution in [3.05, 3.63) is 78.3 Å². The number of rotatable bonds is 8. The summed E-state index contributed by atoms with van der Waals surface area (Å²) in [6, 6.07) is 18.7. The third-order valence-corrected chi connectivity index (χ3v) is 6.41. The SMILES string of the molecule is CCc1ccc(N=C2SC(CC(=O)Nc3ccccc3OC)C(=O)N2Cc2ccco2)cc1. The van der Waals surface area contributed by atoms with Crippen LogP contribution in [0.4, 0.5) is 11.4 Å². The highest BCUT2D eigenvalue weighted by atomic mass is 32.2. The number of furan rings is 1. The lowest BCUT2D eigenvalue weighted by Crippen LogP contribution is -2.33. The van der Waals surface area contributed by atoms with E-state index < -0.39 is 5.25 Å². The van der Waals surface area contributed by atoms with Crippen molar-refractivity contribution >= 4 is 40.1 Å². The van der Waals surface area contributed by atoms with Crippen molar-refractivity contribution in [2.45, 2.75) is 31.6 Å². The van der Waals surface area contributed by atoms with Crippen molar-refractivity contribution in [2.24, 2.45) is 4.99 Å². The Bertz CT molecular complexity index is 1140. The predicted molar refractivity (Wildman–Crippen MR) is 130 cm³/mol. The molecule has 1 N–H and O–H groups in total. The topological polar surface area (TPSA) is 84.1 Å². The summed E-state index contributed by atoms with van der Waals surface area (Å²) in [5.41, 5.74) is 2.54. The van der Waals surface area contributed by atoms with Crippen molar-refractivity contribution in [1.29, 1.82) is 0 Å². The van der Waals surface area contributed by atoms with Gasteiger partial charge in [-0.2, -0.15) is 0 Å². The lowest BCUT2D eigenvalue weighted by molar-refractivity contribution is -0.128. The Labute approximate surface area is 196 Å². The van der Waals surface area contributed by atoms with Crippen LogP contribution in [0.1, 0.15) is 24.7 Å². The number of carbonyl (C=O) groups is 2. The van der Waals surface area contributed by atoms with Crippen molar-refractivity contribution in [3.8, 4) is 5.75 Å². The molecule has 1 aromatic heterocycles. The fourth-order valence-electron chi connectivity index (χ4n) is 3.46. The summed E-state index contributed by atoms with van der Waals surface area (Å²) < 4.78 is 10.7. The van der Waals surface area contributed by atoms with Crippen LogP contribution in [0.15, 0.2) is 76.3 Å². The molecule has 2 amide bonds. The molecule has 0 radical (unpaired) electrons. The van der Waals surface area contributed by atoms with E-state index in [4.69, 9.17) is 14.1 Å². The number of carbonyl (C=O) groups excluding carboxylic acids is 2. The van der Waals surface area contributed by atoms with E-state index in [0.29, 0.717) is 22.4 Å². The molecule has 0 bridgehead atoms. The molecular weight excluding hydrogens is 438 g/mol. The van der Waals surface area contributed by atoms with Crippen LogP contribution in [0.2, 0.25) is 0 Å². The zero-order valence-corrected chi connectivity index (χ0v) is 19.3. The van der Waals surface area contributed by atoms with Crippen LogP contribution < -0.4 is 10.1 Å². The molecule has 1 saturated heterocycles. The molecule has 1 atom stereocenters. The van der Waals surface area contributed by atoms with Crippen molar-refractivity contribution in [1.82, 2.24) is 4.90 Å². The summed E-state index contributed by atoms with van der Waals surface area (Å²) in [7, 11) is 1.55. The first-order valence-electron chi connectivity index (χ1n) is 10.7. The smallest absolute Gasteiger partial charge is 0.243 e. The number of amides is 2. The summed E-state index contributed by atoms with van der Waals surface area (Å²) in [6.07, 6.45) is 2.53. The first-order valence-corrected chi connectivity index (χ1v) is 11.6. The van der Waals surface area contributed by atoms with Crippen LogP contribution in [0.5, 0.6) is 5.75 Å². The number of methoxy groups -OCH3 is 1. The Morgan fingerprint density at radius 1 is 1.15 bits per heavy atom. The average Bonchev–Trinajstić information content (AvgIpc) is 3.44. The second-order valence-corrected chi connectivity index (χ2v) is 8.65. The minimum atomic E-state index is -0.580. The second-order valence-electron chi connectivity index (χ2n) is 7.48. The van der Waals surface area contributed by atoms with Crippen LogP contribution in [0.25, 0.3) is 0 Å². The number of aryl methyl sites for hydroxylation is 1. The van der Waals surface area contributed by atoms with E-state index in [1.54, 1.807) is 36.5 Å². The van der Waals surface area contributed by atoms with Crippen LogP contribution in [-0.2, 0) is 22.6 Å². The quantitative estimate of drug-likeness (QED) is 0.508. The summed E-state index contributed by atoms with van der Waals surface area (Å²) in [4.78, 5) is 32.2. The van der Waals surface area contributed by atoms with Crippen LogP contribution in [0, 0.1) is 0 Å². The number of hydrogen-bond acceptors (Lipinski definition) is 6. The number of ether oxygens (including phenoxy) is 1. The summed E-state index contributed by atoms with van der Waals surface area (Å²) in [6.45, 7) is 2.35. The molecule has 7 nitrogen and oxygen atoms in total. The molecule has 1 fully saturated rings. The Morgan fingerprint density at radius 3 is 2.64 bits per heavy atom. The van der Waals surface area contributed by atoms with Gasteiger partial charge in [0.05, 0.1) is 31.3 Å². The largest absolute Gasteiger partial charge is 0.495 e. The number of para-hydroxylation sites is 2. The van der Waals surface area contributed by atoms with Crippen LogP contribution >= 0.6 is 11.8 Å². The molecule has 0 saturated carbocycles. The van der Waals surface area contributed by atoms with E-state index >= 15 is 0 Å². The molecule has 1 aliphatic heterocycles. The number of anilines is 1. The first kappa shape index (κ1) is 22.7. The highest BCUT2D eigenvalue weighted by Crippen LogP contribution is 2.33. The van der Waals surface area contributed by atoms with E-state index in [1.807, 2.05) is 42.5 Å². The summed E-state index contributed by atoms with van der Waals surface area (Å²) in [5.74, 6) is 0.776. The van der Waals surface area contributed by atoms with Gasteiger partial charge in [-0.05, 0) is 48.4 Å². The maximum Gasteiger partial charge on any atom is 0.243 e. The number of aliphatic imine (C=N–C) groups is 1.